The monoisotopic (exact) mass is 451 g/mol. The molecule has 1 aromatic carbocycles. The van der Waals surface area contributed by atoms with Crippen molar-refractivity contribution in [3.05, 3.63) is 41.1 Å². The lowest BCUT2D eigenvalue weighted by Crippen LogP contribution is -2.32. The molecule has 0 amide bonds. The first-order chi connectivity index (χ1) is 16.0. The molecule has 1 heterocycles. The lowest BCUT2D eigenvalue weighted by molar-refractivity contribution is 0.242. The van der Waals surface area contributed by atoms with Crippen molar-refractivity contribution in [3.63, 3.8) is 0 Å². The molecule has 0 bridgehead atoms. The number of nitrogens with zero attached hydrogens (tertiary/aromatic N) is 3. The minimum atomic E-state index is 0.215. The average Bonchev–Trinajstić information content (AvgIpc) is 2.80. The molecular weight excluding hydrogens is 410 g/mol. The fraction of sp³-hybridized carbons (Fsp3) is 0.630. The van der Waals surface area contributed by atoms with Crippen LogP contribution in [0.15, 0.2) is 24.3 Å². The van der Waals surface area contributed by atoms with Crippen molar-refractivity contribution in [2.45, 2.75) is 83.9 Å². The highest BCUT2D eigenvalue weighted by atomic mass is 16.5. The molecule has 2 aliphatic rings. The molecule has 6 heteroatoms. The van der Waals surface area contributed by atoms with Gasteiger partial charge in [-0.1, -0.05) is 12.1 Å². The minimum Gasteiger partial charge on any atom is -0.491 e. The number of hydrogen-bond acceptors (Lipinski definition) is 6. The second-order valence-electron chi connectivity index (χ2n) is 10.2. The summed E-state index contributed by atoms with van der Waals surface area (Å²) in [5.74, 6) is 3.61. The van der Waals surface area contributed by atoms with Gasteiger partial charge < -0.3 is 20.3 Å². The number of hydrogen-bond donors (Lipinski definition) is 2. The SMILES string of the molecule is CC(C)Oc1ccc(CNCC2CCC(Nc3nc4c(c(N(C)C)n3)CCCC4)CC2)cc1. The van der Waals surface area contributed by atoms with E-state index in [9.17, 15) is 0 Å². The summed E-state index contributed by atoms with van der Waals surface area (Å²) in [6.07, 6.45) is 9.76. The summed E-state index contributed by atoms with van der Waals surface area (Å²) in [5, 5.41) is 7.33. The Morgan fingerprint density at radius 2 is 1.73 bits per heavy atom. The number of nitrogens with one attached hydrogen (secondary N) is 2. The Hall–Kier alpha value is -2.34. The van der Waals surface area contributed by atoms with E-state index in [1.807, 2.05) is 0 Å². The van der Waals surface area contributed by atoms with Crippen LogP contribution < -0.4 is 20.3 Å². The molecule has 0 radical (unpaired) electrons. The van der Waals surface area contributed by atoms with E-state index < -0.39 is 0 Å². The molecule has 6 nitrogen and oxygen atoms in total. The second-order valence-corrected chi connectivity index (χ2v) is 10.2. The molecule has 0 saturated heterocycles. The van der Waals surface area contributed by atoms with Crippen LogP contribution >= 0.6 is 0 Å². The summed E-state index contributed by atoms with van der Waals surface area (Å²) in [4.78, 5) is 11.9. The van der Waals surface area contributed by atoms with Gasteiger partial charge >= 0.3 is 0 Å². The summed E-state index contributed by atoms with van der Waals surface area (Å²) in [6, 6.07) is 8.93. The van der Waals surface area contributed by atoms with Crippen LogP contribution in [-0.4, -0.2) is 42.8 Å². The van der Waals surface area contributed by atoms with Crippen molar-refractivity contribution >= 4 is 11.8 Å². The first-order valence-corrected chi connectivity index (χ1v) is 12.8. The van der Waals surface area contributed by atoms with Gasteiger partial charge in [0.1, 0.15) is 11.6 Å². The van der Waals surface area contributed by atoms with E-state index in [-0.39, 0.29) is 6.10 Å². The fourth-order valence-electron chi connectivity index (χ4n) is 5.08. The van der Waals surface area contributed by atoms with Gasteiger partial charge in [0.05, 0.1) is 11.8 Å². The van der Waals surface area contributed by atoms with Crippen LogP contribution in [-0.2, 0) is 19.4 Å². The lowest BCUT2D eigenvalue weighted by atomic mass is 9.86. The van der Waals surface area contributed by atoms with E-state index in [4.69, 9.17) is 14.7 Å². The van der Waals surface area contributed by atoms with Crippen molar-refractivity contribution in [2.75, 3.05) is 30.9 Å². The zero-order valence-electron chi connectivity index (χ0n) is 20.9. The van der Waals surface area contributed by atoms with Gasteiger partial charge in [-0.15, -0.1) is 0 Å². The van der Waals surface area contributed by atoms with E-state index in [0.29, 0.717) is 6.04 Å². The van der Waals surface area contributed by atoms with E-state index in [1.165, 1.54) is 55.3 Å². The maximum atomic E-state index is 5.73. The van der Waals surface area contributed by atoms with E-state index >= 15 is 0 Å². The normalized spacial score (nSPS) is 20.4. The molecule has 0 atom stereocenters. The number of fused-ring (bicyclic) bond motifs is 1. The maximum Gasteiger partial charge on any atom is 0.225 e. The van der Waals surface area contributed by atoms with Crippen molar-refractivity contribution in [3.8, 4) is 5.75 Å². The minimum absolute atomic E-state index is 0.215. The number of aromatic nitrogens is 2. The van der Waals surface area contributed by atoms with Crippen molar-refractivity contribution in [1.82, 2.24) is 15.3 Å². The number of rotatable bonds is 9. The molecule has 2 aromatic rings. The number of benzene rings is 1. The standard InChI is InChI=1S/C27H41N5O/c1-19(2)33-23-15-11-21(12-16-23)18-28-17-20-9-13-22(14-10-20)29-27-30-25-8-6-5-7-24(25)26(31-27)32(3)4/h11-12,15-16,19-20,22,28H,5-10,13-14,17-18H2,1-4H3,(H,29,30,31). The Balaban J connectivity index is 1.22. The molecule has 33 heavy (non-hydrogen) atoms. The summed E-state index contributed by atoms with van der Waals surface area (Å²) in [7, 11) is 4.18. The van der Waals surface area contributed by atoms with Crippen LogP contribution in [0.1, 0.15) is 69.2 Å². The van der Waals surface area contributed by atoms with Crippen molar-refractivity contribution < 1.29 is 4.74 Å². The molecule has 1 aromatic heterocycles. The molecule has 1 fully saturated rings. The highest BCUT2D eigenvalue weighted by Crippen LogP contribution is 2.30. The van der Waals surface area contributed by atoms with Crippen molar-refractivity contribution in [1.29, 1.82) is 0 Å². The molecule has 4 rings (SSSR count). The third kappa shape index (κ3) is 6.59. The quantitative estimate of drug-likeness (QED) is 0.561. The van der Waals surface area contributed by atoms with Gasteiger partial charge in [0.2, 0.25) is 5.95 Å². The van der Waals surface area contributed by atoms with E-state index in [1.54, 1.807) is 0 Å². The van der Waals surface area contributed by atoms with Crippen LogP contribution in [0, 0.1) is 5.92 Å². The predicted octanol–water partition coefficient (Wildman–Crippen LogP) is 4.97. The first kappa shape index (κ1) is 23.8. The highest BCUT2D eigenvalue weighted by Gasteiger charge is 2.24. The average molecular weight is 452 g/mol. The van der Waals surface area contributed by atoms with Gasteiger partial charge in [-0.2, -0.15) is 4.98 Å². The summed E-state index contributed by atoms with van der Waals surface area (Å²) < 4.78 is 5.73. The zero-order valence-corrected chi connectivity index (χ0v) is 20.9. The van der Waals surface area contributed by atoms with E-state index in [0.717, 1.165) is 49.4 Å². The second kappa shape index (κ2) is 11.2. The molecule has 2 aliphatic carbocycles. The van der Waals surface area contributed by atoms with Gasteiger partial charge in [-0.25, -0.2) is 4.98 Å². The molecule has 180 valence electrons. The van der Waals surface area contributed by atoms with Crippen LogP contribution in [0.25, 0.3) is 0 Å². The topological polar surface area (TPSA) is 62.3 Å². The van der Waals surface area contributed by atoms with Gasteiger partial charge in [-0.3, -0.25) is 0 Å². The zero-order chi connectivity index (χ0) is 23.2. The third-order valence-corrected chi connectivity index (χ3v) is 6.82. The number of anilines is 2. The summed E-state index contributed by atoms with van der Waals surface area (Å²) in [5.41, 5.74) is 3.92. The lowest BCUT2D eigenvalue weighted by Gasteiger charge is -2.30. The predicted molar refractivity (Wildman–Crippen MR) is 136 cm³/mol. The number of ether oxygens (including phenoxy) is 1. The van der Waals surface area contributed by atoms with Gasteiger partial charge in [0.15, 0.2) is 0 Å². The van der Waals surface area contributed by atoms with Crippen LogP contribution in [0.4, 0.5) is 11.8 Å². The Morgan fingerprint density at radius 3 is 2.42 bits per heavy atom. The van der Waals surface area contributed by atoms with Crippen molar-refractivity contribution in [2.24, 2.45) is 5.92 Å². The molecule has 2 N–H and O–H groups in total. The fourth-order valence-corrected chi connectivity index (χ4v) is 5.08. The highest BCUT2D eigenvalue weighted by molar-refractivity contribution is 5.52. The number of aryl methyl sites for hydroxylation is 1. The molecular formula is C27H41N5O. The largest absolute Gasteiger partial charge is 0.491 e. The van der Waals surface area contributed by atoms with Crippen LogP contribution in [0.5, 0.6) is 5.75 Å². The Morgan fingerprint density at radius 1 is 1.00 bits per heavy atom. The third-order valence-electron chi connectivity index (χ3n) is 6.82. The van der Waals surface area contributed by atoms with Gasteiger partial charge in [0.25, 0.3) is 0 Å². The Kier molecular flexibility index (Phi) is 8.07. The Labute approximate surface area is 199 Å². The maximum absolute atomic E-state index is 5.73. The smallest absolute Gasteiger partial charge is 0.225 e. The van der Waals surface area contributed by atoms with Gasteiger partial charge in [-0.05, 0) is 95.4 Å². The molecule has 0 unspecified atom stereocenters. The molecule has 0 aliphatic heterocycles. The van der Waals surface area contributed by atoms with Gasteiger partial charge in [0, 0.05) is 32.2 Å². The van der Waals surface area contributed by atoms with Crippen LogP contribution in [0.3, 0.4) is 0 Å². The summed E-state index contributed by atoms with van der Waals surface area (Å²) in [6.45, 7) is 6.11. The molecule has 0 spiro atoms. The first-order valence-electron chi connectivity index (χ1n) is 12.8. The van der Waals surface area contributed by atoms with E-state index in [2.05, 4.69) is 67.7 Å². The molecule has 1 saturated carbocycles. The summed E-state index contributed by atoms with van der Waals surface area (Å²) >= 11 is 0. The van der Waals surface area contributed by atoms with Crippen LogP contribution in [0.2, 0.25) is 0 Å². The Bertz CT molecular complexity index is 888.